The zero-order valence-electron chi connectivity index (χ0n) is 14.9. The van der Waals surface area contributed by atoms with E-state index in [0.29, 0.717) is 6.42 Å². The van der Waals surface area contributed by atoms with Crippen molar-refractivity contribution in [2.45, 2.75) is 32.4 Å². The summed E-state index contributed by atoms with van der Waals surface area (Å²) in [5.74, 6) is -5.23. The van der Waals surface area contributed by atoms with Gasteiger partial charge in [0.1, 0.15) is 0 Å². The van der Waals surface area contributed by atoms with Crippen LogP contribution in [0.5, 0.6) is 0 Å². The maximum absolute atomic E-state index is 13.1. The van der Waals surface area contributed by atoms with Crippen molar-refractivity contribution >= 4 is 11.9 Å². The molecule has 3 rings (SSSR count). The topological polar surface area (TPSA) is 69.2 Å². The van der Waals surface area contributed by atoms with Crippen LogP contribution in [0.25, 0.3) is 0 Å². The number of aliphatic carboxylic acids is 1. The van der Waals surface area contributed by atoms with Crippen molar-refractivity contribution in [2.75, 3.05) is 6.54 Å². The van der Waals surface area contributed by atoms with Crippen LogP contribution in [0, 0.1) is 35.0 Å². The van der Waals surface area contributed by atoms with E-state index >= 15 is 0 Å². The van der Waals surface area contributed by atoms with Crippen molar-refractivity contribution in [2.24, 2.45) is 35.0 Å². The molecular formula is C18H21F3NNaO3. The maximum Gasteiger partial charge on any atom is 1.00 e. The summed E-state index contributed by atoms with van der Waals surface area (Å²) in [5.41, 5.74) is -1.31. The summed E-state index contributed by atoms with van der Waals surface area (Å²) in [6, 6.07) is 0. The molecule has 0 aliphatic heterocycles. The minimum atomic E-state index is -4.31. The Bertz CT molecular complexity index is 634. The van der Waals surface area contributed by atoms with E-state index < -0.39 is 41.2 Å². The summed E-state index contributed by atoms with van der Waals surface area (Å²) in [6.07, 6.45) is 3.28. The van der Waals surface area contributed by atoms with Gasteiger partial charge in [-0.1, -0.05) is 31.2 Å². The molecule has 0 unspecified atom stereocenters. The van der Waals surface area contributed by atoms with Crippen LogP contribution in [0.4, 0.5) is 13.2 Å². The Hall–Kier alpha value is -0.790. The predicted molar refractivity (Wildman–Crippen MR) is 81.8 cm³/mol. The molecule has 2 bridgehead atoms. The van der Waals surface area contributed by atoms with Gasteiger partial charge in [0.2, 0.25) is 5.91 Å². The van der Waals surface area contributed by atoms with Crippen molar-refractivity contribution in [1.82, 2.24) is 5.32 Å². The smallest absolute Gasteiger partial charge is 0.550 e. The Balaban J connectivity index is 0.00000243. The second-order valence-electron chi connectivity index (χ2n) is 7.53. The second kappa shape index (κ2) is 7.68. The number of carboxylic acid groups (broad SMARTS) is 1. The number of carboxylic acids is 1. The fourth-order valence-corrected chi connectivity index (χ4v) is 4.68. The normalized spacial score (nSPS) is 38.1. The van der Waals surface area contributed by atoms with Crippen LogP contribution in [0.15, 0.2) is 24.3 Å². The van der Waals surface area contributed by atoms with Gasteiger partial charge in [0.15, 0.2) is 0 Å². The van der Waals surface area contributed by atoms with Crippen molar-refractivity contribution in [3.63, 3.8) is 0 Å². The van der Waals surface area contributed by atoms with Gasteiger partial charge >= 0.3 is 35.7 Å². The largest absolute Gasteiger partial charge is 1.00 e. The Morgan fingerprint density at radius 3 is 2.50 bits per heavy atom. The number of carbonyl (C=O) groups excluding carboxylic acids is 2. The van der Waals surface area contributed by atoms with E-state index in [4.69, 9.17) is 0 Å². The van der Waals surface area contributed by atoms with E-state index in [-0.39, 0.29) is 60.8 Å². The first-order valence-electron chi connectivity index (χ1n) is 8.55. The van der Waals surface area contributed by atoms with Crippen molar-refractivity contribution in [3.05, 3.63) is 24.3 Å². The summed E-state index contributed by atoms with van der Waals surface area (Å²) in [4.78, 5) is 24.3. The maximum atomic E-state index is 13.1. The SMILES string of the molecule is C[C@@]1(C(=O)[O-])[C@@H]2C=C[C@@H](C2)[C@@H]1C(=O)NC[C@@H]1CC=CC[C@H]1C(F)(F)F.[Na+]. The van der Waals surface area contributed by atoms with Gasteiger partial charge in [-0.15, -0.1) is 0 Å². The summed E-state index contributed by atoms with van der Waals surface area (Å²) in [5, 5.41) is 14.2. The molecule has 1 amide bonds. The molecule has 0 aromatic heterocycles. The summed E-state index contributed by atoms with van der Waals surface area (Å²) < 4.78 is 39.4. The van der Waals surface area contributed by atoms with Gasteiger partial charge in [-0.2, -0.15) is 13.2 Å². The number of halogens is 3. The Morgan fingerprint density at radius 1 is 1.23 bits per heavy atom. The minimum Gasteiger partial charge on any atom is -0.550 e. The number of hydrogen-bond acceptors (Lipinski definition) is 3. The van der Waals surface area contributed by atoms with Gasteiger partial charge < -0.3 is 15.2 Å². The molecule has 8 heteroatoms. The molecule has 1 fully saturated rings. The predicted octanol–water partition coefficient (Wildman–Crippen LogP) is -1.17. The fourth-order valence-electron chi connectivity index (χ4n) is 4.68. The van der Waals surface area contributed by atoms with Crippen molar-refractivity contribution in [1.29, 1.82) is 0 Å². The Labute approximate surface area is 172 Å². The van der Waals surface area contributed by atoms with Gasteiger partial charge in [-0.25, -0.2) is 0 Å². The fraction of sp³-hybridized carbons (Fsp3) is 0.667. The van der Waals surface area contributed by atoms with Crippen LogP contribution in [0.3, 0.4) is 0 Å². The van der Waals surface area contributed by atoms with Crippen LogP contribution in [0.1, 0.15) is 26.2 Å². The first-order valence-corrected chi connectivity index (χ1v) is 8.55. The second-order valence-corrected chi connectivity index (χ2v) is 7.53. The first-order chi connectivity index (χ1) is 11.7. The molecule has 0 spiro atoms. The molecule has 0 aromatic rings. The van der Waals surface area contributed by atoms with E-state index in [9.17, 15) is 27.9 Å². The molecule has 3 aliphatic rings. The molecule has 1 N–H and O–H groups in total. The number of carbonyl (C=O) groups is 2. The van der Waals surface area contributed by atoms with Gasteiger partial charge in [0, 0.05) is 17.9 Å². The molecule has 4 nitrogen and oxygen atoms in total. The molecule has 0 saturated heterocycles. The van der Waals surface area contributed by atoms with Gasteiger partial charge in [0.25, 0.3) is 0 Å². The number of fused-ring (bicyclic) bond motifs is 2. The first kappa shape index (κ1) is 21.5. The molecule has 0 heterocycles. The third kappa shape index (κ3) is 3.62. The molecule has 0 aromatic carbocycles. The summed E-state index contributed by atoms with van der Waals surface area (Å²) >= 11 is 0. The minimum absolute atomic E-state index is 0. The van der Waals surface area contributed by atoms with Crippen LogP contribution in [0.2, 0.25) is 0 Å². The monoisotopic (exact) mass is 379 g/mol. The number of alkyl halides is 3. The van der Waals surface area contributed by atoms with Gasteiger partial charge in [-0.3, -0.25) is 4.79 Å². The molecule has 1 saturated carbocycles. The zero-order chi connectivity index (χ0) is 18.4. The molecular weight excluding hydrogens is 358 g/mol. The molecule has 0 radical (unpaired) electrons. The average molecular weight is 379 g/mol. The number of amides is 1. The molecule has 26 heavy (non-hydrogen) atoms. The van der Waals surface area contributed by atoms with Crippen LogP contribution >= 0.6 is 0 Å². The third-order valence-corrected chi connectivity index (χ3v) is 6.21. The number of rotatable bonds is 4. The quantitative estimate of drug-likeness (QED) is 0.495. The van der Waals surface area contributed by atoms with E-state index in [1.165, 1.54) is 13.0 Å². The third-order valence-electron chi connectivity index (χ3n) is 6.21. The van der Waals surface area contributed by atoms with Crippen LogP contribution in [-0.4, -0.2) is 24.6 Å². The summed E-state index contributed by atoms with van der Waals surface area (Å²) in [6.45, 7) is 1.40. The van der Waals surface area contributed by atoms with E-state index in [1.54, 1.807) is 12.2 Å². The average Bonchev–Trinajstić information content (AvgIpc) is 3.12. The molecule has 138 valence electrons. The van der Waals surface area contributed by atoms with Gasteiger partial charge in [-0.05, 0) is 37.0 Å². The summed E-state index contributed by atoms with van der Waals surface area (Å²) in [7, 11) is 0. The number of hydrogen-bond donors (Lipinski definition) is 1. The van der Waals surface area contributed by atoms with E-state index in [2.05, 4.69) is 5.32 Å². The van der Waals surface area contributed by atoms with Crippen LogP contribution < -0.4 is 40.0 Å². The number of nitrogens with one attached hydrogen (secondary N) is 1. The Morgan fingerprint density at radius 2 is 1.88 bits per heavy atom. The molecule has 3 aliphatic carbocycles. The van der Waals surface area contributed by atoms with Crippen LogP contribution in [-0.2, 0) is 9.59 Å². The van der Waals surface area contributed by atoms with Crippen molar-refractivity contribution in [3.8, 4) is 0 Å². The molecule has 6 atom stereocenters. The van der Waals surface area contributed by atoms with Crippen molar-refractivity contribution < 1.29 is 57.4 Å². The van der Waals surface area contributed by atoms with Gasteiger partial charge in [0.05, 0.1) is 11.8 Å². The number of allylic oxidation sites excluding steroid dienone is 4. The van der Waals surface area contributed by atoms with E-state index in [0.717, 1.165) is 0 Å². The standard InChI is InChI=1S/C18H22F3NO3.Na/c1-17(16(24)25)12-7-6-10(8-12)14(17)15(23)22-9-11-4-2-3-5-13(11)18(19,20)21;/h2-3,6-7,10-14H,4-5,8-9H2,1H3,(H,22,23)(H,24,25);/q;+1/p-1/t10-,11-,12+,13+,14+,17+;/m0./s1. The van der Waals surface area contributed by atoms with E-state index in [1.807, 2.05) is 6.08 Å². The zero-order valence-corrected chi connectivity index (χ0v) is 16.9. The Kier molecular flexibility index (Phi) is 6.35.